The van der Waals surface area contributed by atoms with Gasteiger partial charge in [0.2, 0.25) is 5.96 Å². The number of fused-ring (bicyclic) bond motifs is 1. The predicted molar refractivity (Wildman–Crippen MR) is 96.6 cm³/mol. The average Bonchev–Trinajstić information content (AvgIpc) is 2.56. The number of piperazine rings is 1. The number of likely N-dealkylation sites (N-methyl/N-ethyl adjacent to an activating group) is 1. The molecule has 0 amide bonds. The zero-order chi connectivity index (χ0) is 19.9. The van der Waals surface area contributed by atoms with E-state index < -0.39 is 23.6 Å². The lowest BCUT2D eigenvalue weighted by Gasteiger charge is -2.41. The molecule has 2 aliphatic heterocycles. The molecule has 2 aliphatic rings. The van der Waals surface area contributed by atoms with Crippen LogP contribution in [-0.4, -0.2) is 59.7 Å². The molecule has 27 heavy (non-hydrogen) atoms. The molecule has 148 valence electrons. The van der Waals surface area contributed by atoms with Crippen LogP contribution in [0.25, 0.3) is 0 Å². The molecule has 0 N–H and O–H groups in total. The topological polar surface area (TPSA) is 34.4 Å². The van der Waals surface area contributed by atoms with Crippen molar-refractivity contribution in [3.8, 4) is 0 Å². The number of hydrogen-bond acceptors (Lipinski definition) is 5. The fraction of sp³-hybridized carbons (Fsp3) is 0.556. The first-order chi connectivity index (χ1) is 12.6. The Balaban J connectivity index is 2.11. The van der Waals surface area contributed by atoms with Gasteiger partial charge in [-0.25, -0.2) is 14.4 Å². The van der Waals surface area contributed by atoms with Gasteiger partial charge in [0.1, 0.15) is 5.82 Å². The Hall–Kier alpha value is -2.16. The SMILES string of the molecule is CC(C)=NN1C(N2CCN(C)CC2)=Nc2ccc(C(F)(F)F)c(F)c2C1C. The summed E-state index contributed by atoms with van der Waals surface area (Å²) in [4.78, 5) is 8.73. The Bertz CT molecular complexity index is 775. The molecule has 9 heteroatoms. The molecule has 3 rings (SSSR count). The van der Waals surface area contributed by atoms with E-state index in [1.54, 1.807) is 20.8 Å². The van der Waals surface area contributed by atoms with Crippen molar-refractivity contribution < 1.29 is 17.6 Å². The number of rotatable bonds is 1. The highest BCUT2D eigenvalue weighted by Gasteiger charge is 2.40. The Morgan fingerprint density at radius 3 is 2.33 bits per heavy atom. The van der Waals surface area contributed by atoms with Crippen molar-refractivity contribution in [1.29, 1.82) is 0 Å². The molecular formula is C18H23F4N5. The predicted octanol–water partition coefficient (Wildman–Crippen LogP) is 3.85. The first-order valence-electron chi connectivity index (χ1n) is 8.82. The highest BCUT2D eigenvalue weighted by atomic mass is 19.4. The van der Waals surface area contributed by atoms with Gasteiger partial charge in [-0.2, -0.15) is 18.3 Å². The molecule has 2 heterocycles. The molecule has 1 unspecified atom stereocenters. The molecule has 0 spiro atoms. The molecule has 1 saturated heterocycles. The van der Waals surface area contributed by atoms with Gasteiger partial charge in [-0.1, -0.05) is 0 Å². The molecule has 0 aromatic heterocycles. The number of guanidine groups is 1. The number of alkyl halides is 3. The Kier molecular flexibility index (Phi) is 5.16. The van der Waals surface area contributed by atoms with Crippen LogP contribution >= 0.6 is 0 Å². The summed E-state index contributed by atoms with van der Waals surface area (Å²) in [6, 6.07) is 1.30. The molecule has 1 atom stereocenters. The molecular weight excluding hydrogens is 362 g/mol. The maximum absolute atomic E-state index is 14.7. The minimum atomic E-state index is -4.75. The summed E-state index contributed by atoms with van der Waals surface area (Å²) >= 11 is 0. The van der Waals surface area contributed by atoms with Crippen molar-refractivity contribution >= 4 is 17.4 Å². The van der Waals surface area contributed by atoms with Gasteiger partial charge in [-0.3, -0.25) is 0 Å². The van der Waals surface area contributed by atoms with Crippen LogP contribution in [0.2, 0.25) is 0 Å². The van der Waals surface area contributed by atoms with Gasteiger partial charge < -0.3 is 9.80 Å². The quantitative estimate of drug-likeness (QED) is 0.544. The molecule has 0 saturated carbocycles. The number of nitrogens with zero attached hydrogens (tertiary/aromatic N) is 5. The summed E-state index contributed by atoms with van der Waals surface area (Å²) in [6.07, 6.45) is -4.75. The number of hydrogen-bond donors (Lipinski definition) is 0. The number of benzene rings is 1. The summed E-state index contributed by atoms with van der Waals surface area (Å²) in [5.74, 6) is -0.730. The van der Waals surface area contributed by atoms with Gasteiger partial charge in [-0.15, -0.1) is 0 Å². The summed E-state index contributed by atoms with van der Waals surface area (Å²) in [5, 5.41) is 5.97. The second kappa shape index (κ2) is 7.10. The lowest BCUT2D eigenvalue weighted by molar-refractivity contribution is -0.140. The first kappa shape index (κ1) is 19.6. The average molecular weight is 385 g/mol. The Labute approximate surface area is 156 Å². The third-order valence-electron chi connectivity index (χ3n) is 4.77. The van der Waals surface area contributed by atoms with Gasteiger partial charge in [0.15, 0.2) is 0 Å². The lowest BCUT2D eigenvalue weighted by atomic mass is 9.99. The molecule has 5 nitrogen and oxygen atoms in total. The number of aliphatic imine (C=N–C) groups is 1. The Morgan fingerprint density at radius 1 is 1.15 bits per heavy atom. The number of halogens is 4. The minimum absolute atomic E-state index is 0.0762. The fourth-order valence-corrected chi connectivity index (χ4v) is 3.32. The molecule has 1 aromatic rings. The van der Waals surface area contributed by atoms with Crippen molar-refractivity contribution in [3.05, 3.63) is 29.1 Å². The van der Waals surface area contributed by atoms with Gasteiger partial charge >= 0.3 is 6.18 Å². The van der Waals surface area contributed by atoms with Crippen LogP contribution in [0.15, 0.2) is 22.2 Å². The zero-order valence-electron chi connectivity index (χ0n) is 15.8. The highest BCUT2D eigenvalue weighted by molar-refractivity contribution is 5.88. The van der Waals surface area contributed by atoms with Crippen LogP contribution in [0.5, 0.6) is 0 Å². The normalized spacial score (nSPS) is 21.0. The van der Waals surface area contributed by atoms with E-state index in [-0.39, 0.29) is 11.3 Å². The summed E-state index contributed by atoms with van der Waals surface area (Å²) in [7, 11) is 2.03. The van der Waals surface area contributed by atoms with Crippen LogP contribution in [0.1, 0.15) is 37.9 Å². The summed E-state index contributed by atoms with van der Waals surface area (Å²) in [6.45, 7) is 8.33. The standard InChI is InChI=1S/C18H23F4N5/c1-11(2)24-27-12(3)15-14(6-5-13(16(15)19)18(20,21)22)23-17(27)26-9-7-25(4)8-10-26/h5-6,12H,7-10H2,1-4H3. The molecule has 1 fully saturated rings. The van der Waals surface area contributed by atoms with E-state index in [1.165, 1.54) is 11.1 Å². The summed E-state index contributed by atoms with van der Waals surface area (Å²) in [5.41, 5.74) is -0.419. The zero-order valence-corrected chi connectivity index (χ0v) is 15.8. The smallest absolute Gasteiger partial charge is 0.338 e. The van der Waals surface area contributed by atoms with E-state index >= 15 is 0 Å². The maximum Gasteiger partial charge on any atom is 0.419 e. The van der Waals surface area contributed by atoms with Crippen LogP contribution in [0, 0.1) is 5.82 Å². The van der Waals surface area contributed by atoms with E-state index in [9.17, 15) is 17.6 Å². The van der Waals surface area contributed by atoms with Gasteiger partial charge in [0.05, 0.1) is 17.3 Å². The van der Waals surface area contributed by atoms with E-state index in [0.29, 0.717) is 11.7 Å². The Morgan fingerprint density at radius 2 is 1.78 bits per heavy atom. The fourth-order valence-electron chi connectivity index (χ4n) is 3.32. The van der Waals surface area contributed by atoms with Crippen molar-refractivity contribution in [2.75, 3.05) is 33.2 Å². The van der Waals surface area contributed by atoms with Gasteiger partial charge in [-0.05, 0) is 40.0 Å². The first-order valence-corrected chi connectivity index (χ1v) is 8.82. The van der Waals surface area contributed by atoms with E-state index in [1.807, 2.05) is 11.9 Å². The molecule has 1 aromatic carbocycles. The van der Waals surface area contributed by atoms with Crippen molar-refractivity contribution in [3.63, 3.8) is 0 Å². The van der Waals surface area contributed by atoms with Gasteiger partial charge in [0, 0.05) is 37.5 Å². The monoisotopic (exact) mass is 385 g/mol. The van der Waals surface area contributed by atoms with Crippen LogP contribution in [0.3, 0.4) is 0 Å². The van der Waals surface area contributed by atoms with Crippen molar-refractivity contribution in [2.45, 2.75) is 33.0 Å². The maximum atomic E-state index is 14.7. The molecule has 0 radical (unpaired) electrons. The molecule has 0 bridgehead atoms. The van der Waals surface area contributed by atoms with Crippen LogP contribution < -0.4 is 0 Å². The van der Waals surface area contributed by atoms with Gasteiger partial charge in [0.25, 0.3) is 0 Å². The minimum Gasteiger partial charge on any atom is -0.338 e. The van der Waals surface area contributed by atoms with Crippen LogP contribution in [0.4, 0.5) is 23.2 Å². The summed E-state index contributed by atoms with van der Waals surface area (Å²) < 4.78 is 54.1. The van der Waals surface area contributed by atoms with E-state index in [2.05, 4.69) is 15.0 Å². The van der Waals surface area contributed by atoms with Crippen molar-refractivity contribution in [1.82, 2.24) is 14.8 Å². The van der Waals surface area contributed by atoms with Crippen LogP contribution in [-0.2, 0) is 6.18 Å². The van der Waals surface area contributed by atoms with Crippen molar-refractivity contribution in [2.24, 2.45) is 10.1 Å². The third-order valence-corrected chi connectivity index (χ3v) is 4.77. The van der Waals surface area contributed by atoms with E-state index in [0.717, 1.165) is 32.2 Å². The lowest BCUT2D eigenvalue weighted by Crippen LogP contribution is -2.52. The van der Waals surface area contributed by atoms with E-state index in [4.69, 9.17) is 0 Å². The second-order valence-corrected chi connectivity index (χ2v) is 7.13. The number of hydrazone groups is 1. The highest BCUT2D eigenvalue weighted by Crippen LogP contribution is 2.42. The third kappa shape index (κ3) is 3.78. The second-order valence-electron chi connectivity index (χ2n) is 7.13. The largest absolute Gasteiger partial charge is 0.419 e. The molecule has 0 aliphatic carbocycles.